The molecule has 25 heavy (non-hydrogen) atoms. The Kier molecular flexibility index (Phi) is 6.79. The average Bonchev–Trinajstić information content (AvgIpc) is 2.54. The second-order valence-corrected chi connectivity index (χ2v) is 8.34. The Bertz CT molecular complexity index is 737. The summed E-state index contributed by atoms with van der Waals surface area (Å²) in [5, 5.41) is 19.6. The highest BCUT2D eigenvalue weighted by atomic mass is 79.9. The van der Waals surface area contributed by atoms with Crippen LogP contribution in [-0.4, -0.2) is 35.7 Å². The van der Waals surface area contributed by atoms with E-state index in [0.29, 0.717) is 24.2 Å². The van der Waals surface area contributed by atoms with E-state index in [2.05, 4.69) is 55.7 Å². The highest BCUT2D eigenvalue weighted by molar-refractivity contribution is 9.10. The van der Waals surface area contributed by atoms with Crippen LogP contribution in [0.5, 0.6) is 11.5 Å². The lowest BCUT2D eigenvalue weighted by Gasteiger charge is -2.19. The van der Waals surface area contributed by atoms with Crippen molar-refractivity contribution in [2.45, 2.75) is 13.8 Å². The first-order valence-electron chi connectivity index (χ1n) is 7.73. The molecule has 0 amide bonds. The third-order valence-corrected chi connectivity index (χ3v) is 4.47. The minimum absolute atomic E-state index is 0.143. The van der Waals surface area contributed by atoms with Crippen LogP contribution in [0.4, 0.5) is 0 Å². The maximum atomic E-state index is 9.82. The summed E-state index contributed by atoms with van der Waals surface area (Å²) < 4.78 is 1.79. The molecule has 6 heteroatoms. The summed E-state index contributed by atoms with van der Waals surface area (Å²) in [7, 11) is 0. The maximum Gasteiger partial charge on any atom is 0.124 e. The minimum Gasteiger partial charge on any atom is -0.507 e. The predicted octanol–water partition coefficient (Wildman–Crippen LogP) is 5.19. The summed E-state index contributed by atoms with van der Waals surface area (Å²) in [4.78, 5) is 8.87. The van der Waals surface area contributed by atoms with Gasteiger partial charge >= 0.3 is 0 Å². The van der Waals surface area contributed by atoms with E-state index in [1.807, 2.05) is 12.1 Å². The molecule has 0 aromatic heterocycles. The van der Waals surface area contributed by atoms with Crippen LogP contribution in [0.15, 0.2) is 55.3 Å². The largest absolute Gasteiger partial charge is 0.507 e. The van der Waals surface area contributed by atoms with Crippen molar-refractivity contribution < 1.29 is 10.2 Å². The average molecular weight is 468 g/mol. The lowest BCUT2D eigenvalue weighted by Crippen LogP contribution is -2.19. The molecule has 4 nitrogen and oxygen atoms in total. The van der Waals surface area contributed by atoms with Crippen molar-refractivity contribution in [3.63, 3.8) is 0 Å². The SMILES string of the molecule is CC(C)(CN=Cc1cc(Br)ccc1O)CN=Cc1cc(Br)ccc1O. The Hall–Kier alpha value is -1.66. The minimum atomic E-state index is -0.143. The van der Waals surface area contributed by atoms with Crippen molar-refractivity contribution >= 4 is 44.3 Å². The van der Waals surface area contributed by atoms with Gasteiger partial charge in [-0.3, -0.25) is 9.98 Å². The lowest BCUT2D eigenvalue weighted by atomic mass is 9.94. The molecule has 0 fully saturated rings. The van der Waals surface area contributed by atoms with E-state index in [-0.39, 0.29) is 16.9 Å². The molecule has 2 N–H and O–H groups in total. The summed E-state index contributed by atoms with van der Waals surface area (Å²) in [5.74, 6) is 0.404. The molecule has 0 saturated carbocycles. The van der Waals surface area contributed by atoms with Crippen molar-refractivity contribution in [1.29, 1.82) is 0 Å². The summed E-state index contributed by atoms with van der Waals surface area (Å²) in [6.07, 6.45) is 3.34. The smallest absolute Gasteiger partial charge is 0.124 e. The Morgan fingerprint density at radius 3 is 1.64 bits per heavy atom. The first kappa shape index (κ1) is 19.7. The second-order valence-electron chi connectivity index (χ2n) is 6.51. The van der Waals surface area contributed by atoms with Gasteiger partial charge in [-0.05, 0) is 36.4 Å². The normalized spacial score (nSPS) is 12.3. The summed E-state index contributed by atoms with van der Waals surface area (Å²) in [5.41, 5.74) is 1.21. The number of aromatic hydroxyl groups is 2. The molecule has 0 atom stereocenters. The van der Waals surface area contributed by atoms with Gasteiger partial charge in [0.2, 0.25) is 0 Å². The van der Waals surface area contributed by atoms with Gasteiger partial charge in [0, 0.05) is 51.0 Å². The number of aliphatic imine (C=N–C) groups is 2. The zero-order valence-corrected chi connectivity index (χ0v) is 17.2. The summed E-state index contributed by atoms with van der Waals surface area (Å²) in [6, 6.07) is 10.5. The molecule has 0 saturated heterocycles. The molecule has 0 aliphatic heterocycles. The van der Waals surface area contributed by atoms with Gasteiger partial charge in [-0.2, -0.15) is 0 Å². The molecule has 2 aromatic rings. The van der Waals surface area contributed by atoms with Gasteiger partial charge < -0.3 is 10.2 Å². The third-order valence-electron chi connectivity index (χ3n) is 3.48. The maximum absolute atomic E-state index is 9.82. The monoisotopic (exact) mass is 466 g/mol. The molecule has 132 valence electrons. The zero-order valence-electron chi connectivity index (χ0n) is 14.1. The van der Waals surface area contributed by atoms with Gasteiger partial charge in [-0.1, -0.05) is 45.7 Å². The van der Waals surface area contributed by atoms with Crippen molar-refractivity contribution in [3.8, 4) is 11.5 Å². The Balaban J connectivity index is 1.97. The standard InChI is InChI=1S/C19H20Br2N2O2/c1-19(2,11-22-9-13-7-15(20)3-5-17(13)24)12-23-10-14-8-16(21)4-6-18(14)25/h3-10,24-25H,11-12H2,1-2H3. The highest BCUT2D eigenvalue weighted by Gasteiger charge is 2.16. The van der Waals surface area contributed by atoms with Crippen LogP contribution in [-0.2, 0) is 0 Å². The third kappa shape index (κ3) is 6.29. The number of phenols is 2. The Morgan fingerprint density at radius 1 is 0.840 bits per heavy atom. The van der Waals surface area contributed by atoms with Crippen LogP contribution in [0.3, 0.4) is 0 Å². The van der Waals surface area contributed by atoms with E-state index in [1.54, 1.807) is 36.7 Å². The molecule has 0 radical (unpaired) electrons. The number of halogens is 2. The molecule has 0 heterocycles. The molecule has 0 bridgehead atoms. The van der Waals surface area contributed by atoms with Gasteiger partial charge in [0.15, 0.2) is 0 Å². The van der Waals surface area contributed by atoms with Crippen LogP contribution >= 0.6 is 31.9 Å². The van der Waals surface area contributed by atoms with Crippen molar-refractivity contribution in [2.75, 3.05) is 13.1 Å². The number of hydrogen-bond acceptors (Lipinski definition) is 4. The van der Waals surface area contributed by atoms with E-state index in [0.717, 1.165) is 8.95 Å². The molecule has 2 rings (SSSR count). The first-order chi connectivity index (χ1) is 11.8. The van der Waals surface area contributed by atoms with E-state index >= 15 is 0 Å². The predicted molar refractivity (Wildman–Crippen MR) is 110 cm³/mol. The van der Waals surface area contributed by atoms with Crippen molar-refractivity contribution in [1.82, 2.24) is 0 Å². The van der Waals surface area contributed by atoms with Crippen molar-refractivity contribution in [2.24, 2.45) is 15.4 Å². The van der Waals surface area contributed by atoms with Crippen molar-refractivity contribution in [3.05, 3.63) is 56.5 Å². The summed E-state index contributed by atoms with van der Waals surface area (Å²) >= 11 is 6.76. The van der Waals surface area contributed by atoms with Crippen LogP contribution in [0.2, 0.25) is 0 Å². The van der Waals surface area contributed by atoms with Gasteiger partial charge in [-0.15, -0.1) is 0 Å². The van der Waals surface area contributed by atoms with Gasteiger partial charge in [-0.25, -0.2) is 0 Å². The fourth-order valence-electron chi connectivity index (χ4n) is 2.09. The molecular weight excluding hydrogens is 448 g/mol. The van der Waals surface area contributed by atoms with Gasteiger partial charge in [0.25, 0.3) is 0 Å². The Morgan fingerprint density at radius 2 is 1.24 bits per heavy atom. The highest BCUT2D eigenvalue weighted by Crippen LogP contribution is 2.22. The van der Waals surface area contributed by atoms with E-state index in [4.69, 9.17) is 0 Å². The van der Waals surface area contributed by atoms with Crippen LogP contribution in [0.25, 0.3) is 0 Å². The quantitative estimate of drug-likeness (QED) is 0.574. The molecule has 0 spiro atoms. The number of phenolic OH excluding ortho intramolecular Hbond substituents is 2. The zero-order chi connectivity index (χ0) is 18.4. The number of benzene rings is 2. The van der Waals surface area contributed by atoms with Crippen LogP contribution in [0, 0.1) is 5.41 Å². The van der Waals surface area contributed by atoms with Gasteiger partial charge in [0.1, 0.15) is 11.5 Å². The second kappa shape index (κ2) is 8.63. The number of nitrogens with zero attached hydrogens (tertiary/aromatic N) is 2. The van der Waals surface area contributed by atoms with E-state index in [9.17, 15) is 10.2 Å². The fourth-order valence-corrected chi connectivity index (χ4v) is 2.85. The fraction of sp³-hybridized carbons (Fsp3) is 0.263. The topological polar surface area (TPSA) is 65.2 Å². The van der Waals surface area contributed by atoms with Crippen LogP contribution < -0.4 is 0 Å². The lowest BCUT2D eigenvalue weighted by molar-refractivity contribution is 0.396. The number of hydrogen-bond donors (Lipinski definition) is 2. The number of rotatable bonds is 6. The first-order valence-corrected chi connectivity index (χ1v) is 9.32. The molecule has 0 unspecified atom stereocenters. The Labute approximate surface area is 164 Å². The summed E-state index contributed by atoms with van der Waals surface area (Å²) in [6.45, 7) is 5.29. The molecule has 0 aliphatic carbocycles. The molecule has 0 aliphatic rings. The van der Waals surface area contributed by atoms with E-state index in [1.165, 1.54) is 0 Å². The molecular formula is C19H20Br2N2O2. The van der Waals surface area contributed by atoms with E-state index < -0.39 is 0 Å². The van der Waals surface area contributed by atoms with Gasteiger partial charge in [0.05, 0.1) is 0 Å². The van der Waals surface area contributed by atoms with Crippen LogP contribution in [0.1, 0.15) is 25.0 Å². The molecule has 2 aromatic carbocycles.